The standard InChI is InChI=1S/C26H25ClN6O2S/c1-17-4-2-7-20(12-17)33-24-22(15-28-33)25(35)32-21(16-36-26(32)29-24)14-23(34)31-10-8-30(9-11-31)19-6-3-5-18(27)13-19/h2-7,12-13,15,21H,8-11,14,16H2,1H3. The first-order valence-electron chi connectivity index (χ1n) is 12.0. The van der Waals surface area contributed by atoms with E-state index in [0.717, 1.165) is 30.0 Å². The maximum atomic E-state index is 13.4. The molecule has 4 heterocycles. The highest BCUT2D eigenvalue weighted by Gasteiger charge is 2.32. The minimum Gasteiger partial charge on any atom is -0.368 e. The van der Waals surface area contributed by atoms with Crippen LogP contribution in [0.3, 0.4) is 0 Å². The molecule has 0 aliphatic carbocycles. The average Bonchev–Trinajstić information content (AvgIpc) is 3.49. The number of thioether (sulfide) groups is 1. The van der Waals surface area contributed by atoms with E-state index in [4.69, 9.17) is 16.6 Å². The molecule has 184 valence electrons. The van der Waals surface area contributed by atoms with Crippen molar-refractivity contribution in [1.82, 2.24) is 24.2 Å². The number of carbonyl (C=O) groups excluding carboxylic acids is 1. The third kappa shape index (κ3) is 4.16. The first-order chi connectivity index (χ1) is 17.5. The Bertz CT molecular complexity index is 1520. The number of anilines is 1. The Balaban J connectivity index is 1.19. The van der Waals surface area contributed by atoms with Gasteiger partial charge in [0.2, 0.25) is 5.91 Å². The molecular weight excluding hydrogens is 496 g/mol. The number of nitrogens with zero attached hydrogens (tertiary/aromatic N) is 6. The van der Waals surface area contributed by atoms with E-state index < -0.39 is 0 Å². The molecule has 2 aliphatic rings. The van der Waals surface area contributed by atoms with Crippen LogP contribution in [0.25, 0.3) is 16.7 Å². The summed E-state index contributed by atoms with van der Waals surface area (Å²) in [6.07, 6.45) is 1.87. The molecule has 0 bridgehead atoms. The minimum atomic E-state index is -0.213. The summed E-state index contributed by atoms with van der Waals surface area (Å²) in [4.78, 5) is 35.6. The second kappa shape index (κ2) is 9.29. The van der Waals surface area contributed by atoms with Crippen molar-refractivity contribution in [1.29, 1.82) is 0 Å². The third-order valence-corrected chi connectivity index (χ3v) is 8.17. The molecule has 0 spiro atoms. The third-order valence-electron chi connectivity index (χ3n) is 6.83. The first-order valence-corrected chi connectivity index (χ1v) is 13.3. The lowest BCUT2D eigenvalue weighted by molar-refractivity contribution is -0.132. The summed E-state index contributed by atoms with van der Waals surface area (Å²) >= 11 is 7.66. The van der Waals surface area contributed by atoms with Crippen molar-refractivity contribution in [3.05, 3.63) is 75.7 Å². The number of aromatic nitrogens is 4. The second-order valence-electron chi connectivity index (χ2n) is 9.22. The molecule has 8 nitrogen and oxygen atoms in total. The van der Waals surface area contributed by atoms with Gasteiger partial charge in [-0.1, -0.05) is 41.6 Å². The minimum absolute atomic E-state index is 0.0710. The fourth-order valence-electron chi connectivity index (χ4n) is 4.95. The number of aryl methyl sites for hydroxylation is 1. The normalized spacial score (nSPS) is 17.6. The largest absolute Gasteiger partial charge is 0.368 e. The van der Waals surface area contributed by atoms with Gasteiger partial charge in [0, 0.05) is 49.1 Å². The number of amides is 1. The number of piperazine rings is 1. The van der Waals surface area contributed by atoms with Gasteiger partial charge in [0.25, 0.3) is 5.56 Å². The lowest BCUT2D eigenvalue weighted by atomic mass is 10.1. The highest BCUT2D eigenvalue weighted by Crippen LogP contribution is 2.34. The van der Waals surface area contributed by atoms with Gasteiger partial charge in [0.05, 0.1) is 17.9 Å². The topological polar surface area (TPSA) is 76.3 Å². The van der Waals surface area contributed by atoms with E-state index in [1.54, 1.807) is 15.4 Å². The number of carbonyl (C=O) groups is 1. The Labute approximate surface area is 217 Å². The van der Waals surface area contributed by atoms with Crippen LogP contribution in [0.1, 0.15) is 18.0 Å². The van der Waals surface area contributed by atoms with E-state index in [1.165, 1.54) is 11.8 Å². The van der Waals surface area contributed by atoms with Crippen LogP contribution in [0.15, 0.2) is 64.7 Å². The van der Waals surface area contributed by atoms with Crippen LogP contribution in [0.5, 0.6) is 0 Å². The van der Waals surface area contributed by atoms with Gasteiger partial charge >= 0.3 is 0 Å². The van der Waals surface area contributed by atoms with E-state index in [-0.39, 0.29) is 23.9 Å². The molecule has 1 fully saturated rings. The van der Waals surface area contributed by atoms with Crippen LogP contribution in [0.2, 0.25) is 5.02 Å². The molecule has 36 heavy (non-hydrogen) atoms. The van der Waals surface area contributed by atoms with E-state index in [2.05, 4.69) is 10.00 Å². The van der Waals surface area contributed by atoms with Crippen molar-refractivity contribution in [2.45, 2.75) is 24.5 Å². The number of hydrogen-bond acceptors (Lipinski definition) is 6. The molecule has 2 aliphatic heterocycles. The maximum Gasteiger partial charge on any atom is 0.265 e. The van der Waals surface area contributed by atoms with Crippen LogP contribution in [-0.4, -0.2) is 62.1 Å². The van der Waals surface area contributed by atoms with Crippen LogP contribution in [0, 0.1) is 6.92 Å². The molecule has 6 rings (SSSR count). The van der Waals surface area contributed by atoms with Crippen LogP contribution >= 0.6 is 23.4 Å². The molecule has 2 aromatic carbocycles. The zero-order valence-corrected chi connectivity index (χ0v) is 21.4. The van der Waals surface area contributed by atoms with Gasteiger partial charge in [-0.25, -0.2) is 9.67 Å². The summed E-state index contributed by atoms with van der Waals surface area (Å²) < 4.78 is 3.40. The zero-order valence-electron chi connectivity index (χ0n) is 19.8. The Kier molecular flexibility index (Phi) is 5.97. The highest BCUT2D eigenvalue weighted by molar-refractivity contribution is 7.99. The van der Waals surface area contributed by atoms with Crippen molar-refractivity contribution in [2.24, 2.45) is 0 Å². The predicted octanol–water partition coefficient (Wildman–Crippen LogP) is 3.93. The van der Waals surface area contributed by atoms with Crippen LogP contribution < -0.4 is 10.5 Å². The number of rotatable bonds is 4. The molecule has 2 aromatic heterocycles. The van der Waals surface area contributed by atoms with Gasteiger partial charge in [0.1, 0.15) is 5.39 Å². The van der Waals surface area contributed by atoms with Crippen LogP contribution in [-0.2, 0) is 4.79 Å². The smallest absolute Gasteiger partial charge is 0.265 e. The molecule has 4 aromatic rings. The van der Waals surface area contributed by atoms with Gasteiger partial charge < -0.3 is 9.80 Å². The van der Waals surface area contributed by atoms with Crippen molar-refractivity contribution in [3.8, 4) is 5.69 Å². The van der Waals surface area contributed by atoms with Crippen molar-refractivity contribution >= 4 is 46.0 Å². The highest BCUT2D eigenvalue weighted by atomic mass is 35.5. The Morgan fingerprint density at radius 3 is 2.64 bits per heavy atom. The second-order valence-corrected chi connectivity index (χ2v) is 10.6. The van der Waals surface area contributed by atoms with E-state index >= 15 is 0 Å². The van der Waals surface area contributed by atoms with Gasteiger partial charge in [-0.15, -0.1) is 0 Å². The summed E-state index contributed by atoms with van der Waals surface area (Å²) in [5.41, 5.74) is 3.46. The van der Waals surface area contributed by atoms with E-state index in [1.807, 2.05) is 60.4 Å². The number of fused-ring (bicyclic) bond motifs is 2. The summed E-state index contributed by atoms with van der Waals surface area (Å²) in [6, 6.07) is 15.5. The summed E-state index contributed by atoms with van der Waals surface area (Å²) in [5.74, 6) is 0.725. The van der Waals surface area contributed by atoms with E-state index in [0.29, 0.717) is 40.1 Å². The number of benzene rings is 2. The molecule has 0 saturated carbocycles. The maximum absolute atomic E-state index is 13.4. The van der Waals surface area contributed by atoms with Gasteiger partial charge in [-0.2, -0.15) is 5.10 Å². The predicted molar refractivity (Wildman–Crippen MR) is 142 cm³/mol. The molecule has 0 radical (unpaired) electrons. The quantitative estimate of drug-likeness (QED) is 0.379. The Morgan fingerprint density at radius 1 is 1.08 bits per heavy atom. The molecular formula is C26H25ClN6O2S. The van der Waals surface area contributed by atoms with Crippen molar-refractivity contribution in [3.63, 3.8) is 0 Å². The zero-order chi connectivity index (χ0) is 24.8. The Morgan fingerprint density at radius 2 is 1.86 bits per heavy atom. The van der Waals surface area contributed by atoms with E-state index in [9.17, 15) is 9.59 Å². The summed E-state index contributed by atoms with van der Waals surface area (Å²) in [7, 11) is 0. The summed E-state index contributed by atoms with van der Waals surface area (Å²) in [6.45, 7) is 4.82. The van der Waals surface area contributed by atoms with Crippen molar-refractivity contribution < 1.29 is 4.79 Å². The van der Waals surface area contributed by atoms with Gasteiger partial charge in [0.15, 0.2) is 10.8 Å². The SMILES string of the molecule is Cc1cccc(-n2ncc3c(=O)n4c(nc32)SCC4CC(=O)N2CCN(c3cccc(Cl)c3)CC2)c1. The fraction of sp³-hybridized carbons (Fsp3) is 0.308. The summed E-state index contributed by atoms with van der Waals surface area (Å²) in [5, 5.41) is 6.27. The molecule has 1 saturated heterocycles. The number of hydrogen-bond donors (Lipinski definition) is 0. The van der Waals surface area contributed by atoms with Gasteiger partial charge in [-0.3, -0.25) is 14.2 Å². The fourth-order valence-corrected chi connectivity index (χ4v) is 6.26. The van der Waals surface area contributed by atoms with Crippen molar-refractivity contribution in [2.75, 3.05) is 36.8 Å². The van der Waals surface area contributed by atoms with Gasteiger partial charge in [-0.05, 0) is 42.8 Å². The number of halogens is 1. The molecule has 1 atom stereocenters. The Hall–Kier alpha value is -3.30. The first kappa shape index (κ1) is 23.1. The lowest BCUT2D eigenvalue weighted by Gasteiger charge is -2.36. The molecule has 0 N–H and O–H groups in total. The monoisotopic (exact) mass is 520 g/mol. The average molecular weight is 521 g/mol. The molecule has 1 amide bonds. The lowest BCUT2D eigenvalue weighted by Crippen LogP contribution is -2.49. The molecule has 1 unspecified atom stereocenters. The molecule has 10 heteroatoms. The van der Waals surface area contributed by atoms with Crippen LogP contribution in [0.4, 0.5) is 5.69 Å².